The molecular weight excluding hydrogens is 909 g/mol. The average Bonchev–Trinajstić information content (AvgIpc) is 3.24. The Morgan fingerprint density at radius 2 is 1.14 bits per heavy atom. The lowest BCUT2D eigenvalue weighted by atomic mass is 9.93. The predicted octanol–water partition coefficient (Wildman–Crippen LogP) is 6.98. The van der Waals surface area contributed by atoms with E-state index in [4.69, 9.17) is 36.2 Å². The zero-order chi connectivity index (χ0) is 54.1. The molecule has 20 heteroatoms. The summed E-state index contributed by atoms with van der Waals surface area (Å²) in [6.45, 7) is 30.9. The van der Waals surface area contributed by atoms with E-state index in [2.05, 4.69) is 45.1 Å². The van der Waals surface area contributed by atoms with Crippen LogP contribution in [-0.4, -0.2) is 124 Å². The number of alkyl carbamates (subject to hydrolysis) is 2. The Kier molecular flexibility index (Phi) is 26.9. The molecule has 71 heavy (non-hydrogen) atoms. The normalized spacial score (nSPS) is 20.7. The van der Waals surface area contributed by atoms with Crippen LogP contribution >= 0.6 is 0 Å². The number of rotatable bonds is 5. The molecule has 3 aliphatic heterocycles. The molecule has 3 fully saturated rings. The van der Waals surface area contributed by atoms with Crippen molar-refractivity contribution in [2.45, 2.75) is 164 Å². The number of anilines is 2. The van der Waals surface area contributed by atoms with Crippen molar-refractivity contribution in [1.29, 1.82) is 10.5 Å². The minimum atomic E-state index is -0.543. The fourth-order valence-electron chi connectivity index (χ4n) is 6.75. The molecule has 0 saturated carbocycles. The van der Waals surface area contributed by atoms with E-state index in [0.29, 0.717) is 37.2 Å². The second-order valence-electron chi connectivity index (χ2n) is 21.1. The molecular formula is C51H84N12O8. The van der Waals surface area contributed by atoms with E-state index in [1.165, 1.54) is 0 Å². The number of nitrogens with two attached hydrogens (primary N) is 2. The zero-order valence-electron chi connectivity index (χ0n) is 44.8. The molecule has 5 heterocycles. The Hall–Kier alpha value is -6.25. The first-order valence-electron chi connectivity index (χ1n) is 24.3. The van der Waals surface area contributed by atoms with Gasteiger partial charge >= 0.3 is 18.3 Å². The first-order valence-corrected chi connectivity index (χ1v) is 24.3. The predicted molar refractivity (Wildman–Crippen MR) is 274 cm³/mol. The third-order valence-electron chi connectivity index (χ3n) is 11.1. The Morgan fingerprint density at radius 1 is 0.690 bits per heavy atom. The topological polar surface area (TPSA) is 293 Å². The molecule has 0 unspecified atom stereocenters. The van der Waals surface area contributed by atoms with Crippen LogP contribution in [0.1, 0.15) is 126 Å². The highest BCUT2D eigenvalue weighted by molar-refractivity contribution is 5.85. The van der Waals surface area contributed by atoms with Crippen LogP contribution in [0.5, 0.6) is 0 Å². The number of nitrogens with one attached hydrogen (secondary N) is 4. The van der Waals surface area contributed by atoms with Crippen molar-refractivity contribution in [3.8, 4) is 12.1 Å². The Morgan fingerprint density at radius 3 is 1.58 bits per heavy atom. The maximum absolute atomic E-state index is 11.8. The molecule has 0 bridgehead atoms. The van der Waals surface area contributed by atoms with Crippen LogP contribution in [0.15, 0.2) is 36.9 Å². The largest absolute Gasteiger partial charge is 0.444 e. The Labute approximate surface area is 422 Å². The number of amides is 5. The minimum absolute atomic E-state index is 0.0267. The van der Waals surface area contributed by atoms with Gasteiger partial charge in [-0.25, -0.2) is 14.4 Å². The van der Waals surface area contributed by atoms with Crippen molar-refractivity contribution < 1.29 is 38.2 Å². The van der Waals surface area contributed by atoms with Gasteiger partial charge in [0, 0.05) is 63.4 Å². The molecule has 5 amide bonds. The van der Waals surface area contributed by atoms with Gasteiger partial charge in [0.15, 0.2) is 0 Å². The van der Waals surface area contributed by atoms with Crippen LogP contribution in [0.25, 0.3) is 0 Å². The lowest BCUT2D eigenvalue weighted by Crippen LogP contribution is -2.54. The summed E-state index contributed by atoms with van der Waals surface area (Å²) >= 11 is 0. The number of nitrogens with zero attached hydrogens (tertiary/aromatic N) is 6. The first-order chi connectivity index (χ1) is 32.9. The van der Waals surface area contributed by atoms with Crippen LogP contribution in [0.4, 0.5) is 25.8 Å². The van der Waals surface area contributed by atoms with E-state index in [1.807, 2.05) is 86.6 Å². The molecule has 396 valence electrons. The molecule has 6 atom stereocenters. The summed E-state index contributed by atoms with van der Waals surface area (Å²) in [7, 11) is 0. The minimum Gasteiger partial charge on any atom is -0.444 e. The number of pyridine rings is 2. The fraction of sp³-hybridized carbons (Fsp3) is 0.667. The van der Waals surface area contributed by atoms with Gasteiger partial charge < -0.3 is 51.4 Å². The van der Waals surface area contributed by atoms with Gasteiger partial charge in [-0.2, -0.15) is 10.5 Å². The highest BCUT2D eigenvalue weighted by Gasteiger charge is 2.31. The summed E-state index contributed by atoms with van der Waals surface area (Å²) in [5, 5.41) is 28.5. The van der Waals surface area contributed by atoms with Crippen LogP contribution in [-0.2, 0) is 23.8 Å². The molecule has 5 rings (SSSR count). The van der Waals surface area contributed by atoms with Gasteiger partial charge in [0.05, 0.1) is 35.8 Å². The number of hydrogen-bond donors (Lipinski definition) is 6. The van der Waals surface area contributed by atoms with Gasteiger partial charge in [-0.05, 0) is 143 Å². The maximum atomic E-state index is 11.8. The highest BCUT2D eigenvalue weighted by Crippen LogP contribution is 2.20. The molecule has 2 aromatic rings. The quantitative estimate of drug-likeness (QED) is 0.165. The number of likely N-dealkylation sites (tertiary alicyclic amines) is 2. The molecule has 3 aliphatic rings. The number of hydrogen-bond acceptors (Lipinski definition) is 15. The average molecular weight is 993 g/mol. The van der Waals surface area contributed by atoms with E-state index < -0.39 is 29.0 Å². The van der Waals surface area contributed by atoms with Crippen molar-refractivity contribution >= 4 is 41.5 Å². The zero-order valence-corrected chi connectivity index (χ0v) is 44.8. The van der Waals surface area contributed by atoms with Crippen LogP contribution in [0.3, 0.4) is 0 Å². The van der Waals surface area contributed by atoms with Crippen molar-refractivity contribution in [1.82, 2.24) is 35.7 Å². The number of aromatic nitrogens is 2. The number of nitriles is 2. The van der Waals surface area contributed by atoms with Crippen LogP contribution in [0, 0.1) is 54.3 Å². The third-order valence-corrected chi connectivity index (χ3v) is 11.1. The Bertz CT molecular complexity index is 2050. The smallest absolute Gasteiger partial charge is 0.412 e. The summed E-state index contributed by atoms with van der Waals surface area (Å²) in [5.41, 5.74) is 13.3. The summed E-state index contributed by atoms with van der Waals surface area (Å²) in [5.74, 6) is 0.985. The number of carbonyl (C=O) groups excluding carboxylic acids is 5. The molecule has 2 aromatic heterocycles. The van der Waals surface area contributed by atoms with E-state index in [9.17, 15) is 24.0 Å². The van der Waals surface area contributed by atoms with Gasteiger partial charge in [-0.15, -0.1) is 0 Å². The molecule has 20 nitrogen and oxygen atoms in total. The van der Waals surface area contributed by atoms with Gasteiger partial charge in [-0.1, -0.05) is 20.8 Å². The van der Waals surface area contributed by atoms with Gasteiger partial charge in [0.1, 0.15) is 29.6 Å². The van der Waals surface area contributed by atoms with Gasteiger partial charge in [0.25, 0.3) is 0 Å². The van der Waals surface area contributed by atoms with Crippen LogP contribution in [0.2, 0.25) is 0 Å². The summed E-state index contributed by atoms with van der Waals surface area (Å²) in [6, 6.07) is 7.55. The lowest BCUT2D eigenvalue weighted by Gasteiger charge is -2.37. The fourth-order valence-corrected chi connectivity index (χ4v) is 6.75. The van der Waals surface area contributed by atoms with E-state index in [0.717, 1.165) is 55.7 Å². The lowest BCUT2D eigenvalue weighted by molar-refractivity contribution is -0.132. The second kappa shape index (κ2) is 30.5. The van der Waals surface area contributed by atoms with E-state index in [-0.39, 0.29) is 54.8 Å². The van der Waals surface area contributed by atoms with Crippen LogP contribution < -0.4 is 32.7 Å². The first kappa shape index (κ1) is 62.8. The monoisotopic (exact) mass is 993 g/mol. The third kappa shape index (κ3) is 27.7. The second-order valence-corrected chi connectivity index (χ2v) is 21.1. The van der Waals surface area contributed by atoms with Crippen molar-refractivity contribution in [3.05, 3.63) is 48.0 Å². The summed E-state index contributed by atoms with van der Waals surface area (Å²) < 4.78 is 15.6. The van der Waals surface area contributed by atoms with Gasteiger partial charge in [0.2, 0.25) is 11.8 Å². The Balaban J connectivity index is 0.000000454. The highest BCUT2D eigenvalue weighted by atomic mass is 16.6. The van der Waals surface area contributed by atoms with Crippen molar-refractivity contribution in [3.63, 3.8) is 0 Å². The molecule has 0 spiro atoms. The summed E-state index contributed by atoms with van der Waals surface area (Å²) in [6.07, 6.45) is 8.10. The number of piperidine rings is 3. The molecule has 3 saturated heterocycles. The summed E-state index contributed by atoms with van der Waals surface area (Å²) in [4.78, 5) is 68.8. The van der Waals surface area contributed by atoms with E-state index in [1.54, 1.807) is 55.4 Å². The number of carbonyl (C=O) groups is 5. The molecule has 0 aromatic carbocycles. The molecule has 8 N–H and O–H groups in total. The number of ether oxygens (including phenoxy) is 3. The van der Waals surface area contributed by atoms with Gasteiger partial charge in [-0.3, -0.25) is 24.9 Å². The van der Waals surface area contributed by atoms with Crippen molar-refractivity contribution in [2.75, 3.05) is 50.3 Å². The maximum Gasteiger partial charge on any atom is 0.412 e. The standard InChI is InChI=1S/C14H23N3O3.C11H22N2O2.C11H16N2O2.C9H15N3O.C6H8N2/c1-10-6-8-17(12(18)5-7-15)9-11(10)16-13(19)20-14(2,3)4;2*1-8-5-6-12-7-9(8)13-10(14)15-11(2,3)4;1-7-3-5-12(6-8(7)11)9(13)2-4-10;1-5-2-3-8-4-6(5)7/h10-11H,5-6,8-9H2,1-4H3,(H,16,19);8-9,12H,5-7H2,1-4H3,(H,13,14);5-7H,1-4H3,(H,13,14);7-8H,2-3,5-6,11H2,1H3;2-4H,7H2,1H3/t10-,11+;8-,9+;;7-,8+;/m11.1./s1. The van der Waals surface area contributed by atoms with Crippen molar-refractivity contribution in [2.24, 2.45) is 23.5 Å². The number of nitrogen functional groups attached to an aromatic ring is 1. The molecule has 0 radical (unpaired) electrons. The number of aryl methyl sites for hydroxylation is 2. The molecule has 0 aliphatic carbocycles. The SMILES string of the molecule is C[C@@H]1CCN(C(=O)CC#N)C[C@@H]1N.C[C@@H]1CCN(C(=O)CC#N)C[C@@H]1NC(=O)OC(C)(C)C.C[C@@H]1CCNC[C@@H]1NC(=O)OC(C)(C)C.Cc1ccncc1N.Cc1ccncc1NC(=O)OC(C)(C)C. The van der Waals surface area contributed by atoms with E-state index >= 15 is 0 Å².